The summed E-state index contributed by atoms with van der Waals surface area (Å²) in [5.74, 6) is -2.87. The van der Waals surface area contributed by atoms with Crippen molar-refractivity contribution in [3.8, 4) is 0 Å². The average Bonchev–Trinajstić information content (AvgIpc) is 3.30. The molecule has 12 nitrogen and oxygen atoms in total. The van der Waals surface area contributed by atoms with Crippen LogP contribution in [-0.4, -0.2) is 71.0 Å². The number of hydrogen-bond donors (Lipinski definition) is 8. The van der Waals surface area contributed by atoms with Gasteiger partial charge in [-0.15, -0.1) is 0 Å². The number of carboxylic acids is 1. The van der Waals surface area contributed by atoms with Crippen LogP contribution >= 0.6 is 0 Å². The number of rotatable bonds is 17. The van der Waals surface area contributed by atoms with Gasteiger partial charge in [-0.3, -0.25) is 14.4 Å². The van der Waals surface area contributed by atoms with Crippen LogP contribution in [0.15, 0.2) is 30.5 Å². The lowest BCUT2D eigenvalue weighted by Crippen LogP contribution is -2.56. The molecule has 1 aromatic carbocycles. The number of benzene rings is 1. The van der Waals surface area contributed by atoms with Crippen molar-refractivity contribution in [2.24, 2.45) is 17.2 Å². The summed E-state index contributed by atoms with van der Waals surface area (Å²) in [5, 5.41) is 18.4. The number of aromatic nitrogens is 1. The summed E-state index contributed by atoms with van der Waals surface area (Å²) in [4.78, 5) is 53.4. The third kappa shape index (κ3) is 9.43. The Morgan fingerprint density at radius 3 is 2.16 bits per heavy atom. The van der Waals surface area contributed by atoms with Crippen LogP contribution in [0.4, 0.5) is 0 Å². The standard InChI is InChI=1S/C26H41N7O5/c1-16(31-24(35)19(29)9-4-6-12-27)23(34)32-21(11-5-7-13-28)25(36)33-22(26(37)38)14-17-15-30-20-10-3-2-8-18(17)20/h2-3,8,10,15-16,19,21-22,30H,4-7,9,11-14,27-29H2,1H3,(H,31,35)(H,32,34)(H,33,36)(H,37,38)/t16-,19-,21-,22-/m0/s1. The molecule has 0 bridgehead atoms. The van der Waals surface area contributed by atoms with Gasteiger partial charge in [-0.2, -0.15) is 0 Å². The summed E-state index contributed by atoms with van der Waals surface area (Å²) in [7, 11) is 0. The van der Waals surface area contributed by atoms with E-state index in [1.54, 1.807) is 6.20 Å². The highest BCUT2D eigenvalue weighted by molar-refractivity contribution is 5.94. The monoisotopic (exact) mass is 531 g/mol. The third-order valence-corrected chi connectivity index (χ3v) is 6.35. The number of para-hydroxylation sites is 1. The molecule has 1 aromatic heterocycles. The molecule has 0 fully saturated rings. The maximum atomic E-state index is 13.1. The Morgan fingerprint density at radius 1 is 0.868 bits per heavy atom. The SMILES string of the molecule is C[C@H](NC(=O)[C@@H](N)CCCCN)C(=O)N[C@@H](CCCCN)C(=O)N[C@@H](Cc1c[nH]c2ccccc12)C(=O)O. The molecule has 1 heterocycles. The molecule has 0 unspecified atom stereocenters. The van der Waals surface area contributed by atoms with E-state index in [1.807, 2.05) is 24.3 Å². The Balaban J connectivity index is 2.04. The van der Waals surface area contributed by atoms with Crippen LogP contribution in [0, 0.1) is 0 Å². The minimum Gasteiger partial charge on any atom is -0.480 e. The summed E-state index contributed by atoms with van der Waals surface area (Å²) in [5.41, 5.74) is 18.5. The number of unbranched alkanes of at least 4 members (excludes halogenated alkanes) is 2. The fourth-order valence-electron chi connectivity index (χ4n) is 4.08. The quantitative estimate of drug-likeness (QED) is 0.128. The van der Waals surface area contributed by atoms with E-state index in [1.165, 1.54) is 6.92 Å². The highest BCUT2D eigenvalue weighted by Gasteiger charge is 2.29. The zero-order valence-corrected chi connectivity index (χ0v) is 21.9. The molecule has 0 saturated heterocycles. The van der Waals surface area contributed by atoms with Gasteiger partial charge in [0, 0.05) is 23.5 Å². The maximum absolute atomic E-state index is 13.1. The van der Waals surface area contributed by atoms with E-state index in [9.17, 15) is 24.3 Å². The second-order valence-corrected chi connectivity index (χ2v) is 9.43. The molecule has 0 aliphatic rings. The molecular weight excluding hydrogens is 490 g/mol. The first-order chi connectivity index (χ1) is 18.2. The van der Waals surface area contributed by atoms with Gasteiger partial charge in [0.25, 0.3) is 0 Å². The number of nitrogens with two attached hydrogens (primary N) is 3. The van der Waals surface area contributed by atoms with Crippen molar-refractivity contribution in [2.45, 2.75) is 76.0 Å². The summed E-state index contributed by atoms with van der Waals surface area (Å²) in [6.45, 7) is 2.41. The number of H-pyrrole nitrogens is 1. The van der Waals surface area contributed by atoms with Crippen LogP contribution in [0.3, 0.4) is 0 Å². The van der Waals surface area contributed by atoms with Crippen molar-refractivity contribution in [3.63, 3.8) is 0 Å². The predicted molar refractivity (Wildman–Crippen MR) is 145 cm³/mol. The molecule has 38 heavy (non-hydrogen) atoms. The van der Waals surface area contributed by atoms with Crippen LogP contribution in [0.5, 0.6) is 0 Å². The molecule has 4 atom stereocenters. The Morgan fingerprint density at radius 2 is 1.50 bits per heavy atom. The van der Waals surface area contributed by atoms with Gasteiger partial charge in [-0.05, 0) is 63.7 Å². The predicted octanol–water partition coefficient (Wildman–Crippen LogP) is -0.145. The van der Waals surface area contributed by atoms with Gasteiger partial charge in [-0.1, -0.05) is 24.6 Å². The summed E-state index contributed by atoms with van der Waals surface area (Å²) >= 11 is 0. The number of carbonyl (C=O) groups excluding carboxylic acids is 3. The minimum absolute atomic E-state index is 0.0586. The number of amides is 3. The Hall–Kier alpha value is -3.48. The van der Waals surface area contributed by atoms with Crippen molar-refractivity contribution in [1.82, 2.24) is 20.9 Å². The second-order valence-electron chi connectivity index (χ2n) is 9.43. The smallest absolute Gasteiger partial charge is 0.326 e. The summed E-state index contributed by atoms with van der Waals surface area (Å²) < 4.78 is 0. The third-order valence-electron chi connectivity index (χ3n) is 6.35. The topological polar surface area (TPSA) is 218 Å². The van der Waals surface area contributed by atoms with E-state index in [4.69, 9.17) is 17.2 Å². The van der Waals surface area contributed by atoms with Gasteiger partial charge in [0.05, 0.1) is 6.04 Å². The molecule has 0 saturated carbocycles. The number of aliphatic carboxylic acids is 1. The van der Waals surface area contributed by atoms with E-state index in [0.29, 0.717) is 38.8 Å². The fourth-order valence-corrected chi connectivity index (χ4v) is 4.08. The van der Waals surface area contributed by atoms with E-state index in [-0.39, 0.29) is 12.8 Å². The number of carboxylic acid groups (broad SMARTS) is 1. The first-order valence-electron chi connectivity index (χ1n) is 13.0. The van der Waals surface area contributed by atoms with E-state index in [0.717, 1.165) is 22.9 Å². The highest BCUT2D eigenvalue weighted by atomic mass is 16.4. The molecule has 0 aliphatic carbocycles. The largest absolute Gasteiger partial charge is 0.480 e. The molecule has 12 heteroatoms. The van der Waals surface area contributed by atoms with Crippen molar-refractivity contribution >= 4 is 34.6 Å². The molecule has 11 N–H and O–H groups in total. The van der Waals surface area contributed by atoms with Gasteiger partial charge in [0.1, 0.15) is 18.1 Å². The molecule has 2 rings (SSSR count). The Kier molecular flexibility index (Phi) is 12.7. The van der Waals surface area contributed by atoms with Crippen LogP contribution in [0.25, 0.3) is 10.9 Å². The second kappa shape index (κ2) is 15.7. The van der Waals surface area contributed by atoms with E-state index >= 15 is 0 Å². The van der Waals surface area contributed by atoms with Gasteiger partial charge in [0.2, 0.25) is 17.7 Å². The summed E-state index contributed by atoms with van der Waals surface area (Å²) in [6, 6.07) is 3.53. The number of fused-ring (bicyclic) bond motifs is 1. The Bertz CT molecular complexity index is 1070. The number of hydrogen-bond acceptors (Lipinski definition) is 7. The molecule has 3 amide bonds. The molecular formula is C26H41N7O5. The van der Waals surface area contributed by atoms with E-state index < -0.39 is 47.9 Å². The van der Waals surface area contributed by atoms with Crippen molar-refractivity contribution in [1.29, 1.82) is 0 Å². The fraction of sp³-hybridized carbons (Fsp3) is 0.538. The number of nitrogens with one attached hydrogen (secondary N) is 4. The number of aromatic amines is 1. The molecule has 2 aromatic rings. The van der Waals surface area contributed by atoms with E-state index in [2.05, 4.69) is 20.9 Å². The molecule has 210 valence electrons. The summed E-state index contributed by atoms with van der Waals surface area (Å²) in [6.07, 6.45) is 5.08. The lowest BCUT2D eigenvalue weighted by Gasteiger charge is -2.24. The first-order valence-corrected chi connectivity index (χ1v) is 13.0. The normalized spacial score (nSPS) is 14.3. The van der Waals surface area contributed by atoms with Crippen LogP contribution in [0.2, 0.25) is 0 Å². The zero-order valence-electron chi connectivity index (χ0n) is 21.9. The number of carbonyl (C=O) groups is 4. The van der Waals surface area contributed by atoms with Gasteiger partial charge >= 0.3 is 5.97 Å². The highest BCUT2D eigenvalue weighted by Crippen LogP contribution is 2.19. The van der Waals surface area contributed by atoms with Crippen LogP contribution in [-0.2, 0) is 25.6 Å². The van der Waals surface area contributed by atoms with Crippen molar-refractivity contribution in [2.75, 3.05) is 13.1 Å². The first kappa shape index (κ1) is 30.7. The molecule has 0 radical (unpaired) electrons. The lowest BCUT2D eigenvalue weighted by atomic mass is 10.0. The van der Waals surface area contributed by atoms with Crippen LogP contribution < -0.4 is 33.2 Å². The van der Waals surface area contributed by atoms with Crippen molar-refractivity contribution < 1.29 is 24.3 Å². The lowest BCUT2D eigenvalue weighted by molar-refractivity contribution is -0.142. The zero-order chi connectivity index (χ0) is 28.1. The van der Waals surface area contributed by atoms with Crippen LogP contribution in [0.1, 0.15) is 51.0 Å². The Labute approximate surface area is 222 Å². The van der Waals surface area contributed by atoms with Gasteiger partial charge in [0.15, 0.2) is 0 Å². The average molecular weight is 532 g/mol. The maximum Gasteiger partial charge on any atom is 0.326 e. The molecule has 0 spiro atoms. The van der Waals surface area contributed by atoms with Gasteiger partial charge < -0.3 is 43.2 Å². The van der Waals surface area contributed by atoms with Gasteiger partial charge in [-0.25, -0.2) is 4.79 Å². The molecule has 0 aliphatic heterocycles. The van der Waals surface area contributed by atoms with Crippen molar-refractivity contribution in [3.05, 3.63) is 36.0 Å². The minimum atomic E-state index is -1.21.